The summed E-state index contributed by atoms with van der Waals surface area (Å²) in [6.45, 7) is 1.49. The van der Waals surface area contributed by atoms with Gasteiger partial charge in [0.1, 0.15) is 0 Å². The smallest absolute Gasteiger partial charge is 0.253 e. The molecule has 0 fully saturated rings. The van der Waals surface area contributed by atoms with E-state index in [4.69, 9.17) is 0 Å². The average molecular weight is 268 g/mol. The van der Waals surface area contributed by atoms with E-state index in [-0.39, 0.29) is 5.91 Å². The lowest BCUT2D eigenvalue weighted by molar-refractivity contribution is 0.0958. The minimum atomic E-state index is 0.0272. The number of fused-ring (bicyclic) bond motifs is 2. The Kier molecular flexibility index (Phi) is 2.32. The average Bonchev–Trinajstić information content (AvgIpc) is 2.61. The largest absolute Gasteiger partial charge is 0.350 e. The van der Waals surface area contributed by atoms with Gasteiger partial charge in [-0.05, 0) is 24.3 Å². The topological polar surface area (TPSA) is 32.3 Å². The van der Waals surface area contributed by atoms with Gasteiger partial charge in [-0.25, -0.2) is 0 Å². The predicted octanol–water partition coefficient (Wildman–Crippen LogP) is 3.03. The number of hydrogen-bond acceptors (Lipinski definition) is 3. The number of hydrogen-bond donors (Lipinski definition) is 1. The van der Waals surface area contributed by atoms with Gasteiger partial charge in [-0.1, -0.05) is 30.0 Å². The van der Waals surface area contributed by atoms with Gasteiger partial charge < -0.3 is 10.2 Å². The minimum Gasteiger partial charge on any atom is -0.350 e. The molecule has 2 aromatic carbocycles. The highest BCUT2D eigenvalue weighted by molar-refractivity contribution is 7.99. The summed E-state index contributed by atoms with van der Waals surface area (Å²) in [6.07, 6.45) is 0. The first kappa shape index (κ1) is 10.9. The molecular weight excluding hydrogens is 256 g/mol. The Morgan fingerprint density at radius 2 is 1.89 bits per heavy atom. The molecule has 1 amide bonds. The molecule has 2 heterocycles. The highest BCUT2D eigenvalue weighted by atomic mass is 32.2. The normalized spacial score (nSPS) is 16.2. The van der Waals surface area contributed by atoms with Gasteiger partial charge >= 0.3 is 0 Å². The molecule has 19 heavy (non-hydrogen) atoms. The van der Waals surface area contributed by atoms with Crippen LogP contribution in [0.25, 0.3) is 0 Å². The van der Waals surface area contributed by atoms with Crippen LogP contribution in [0, 0.1) is 0 Å². The van der Waals surface area contributed by atoms with E-state index in [2.05, 4.69) is 34.5 Å². The number of para-hydroxylation sites is 2. The number of amides is 1. The lowest BCUT2D eigenvalue weighted by Crippen LogP contribution is -2.28. The maximum atomic E-state index is 12.1. The molecule has 0 unspecified atom stereocenters. The molecule has 0 aliphatic carbocycles. The van der Waals surface area contributed by atoms with E-state index in [0.29, 0.717) is 6.54 Å². The summed E-state index contributed by atoms with van der Waals surface area (Å²) in [5, 5.41) is 2.96. The molecule has 0 saturated carbocycles. The van der Waals surface area contributed by atoms with Crippen LogP contribution < -0.4 is 10.2 Å². The van der Waals surface area contributed by atoms with Crippen molar-refractivity contribution in [2.75, 3.05) is 18.0 Å². The standard InChI is InChI=1S/C15H12N2OS/c18-15-10-4-3-7-13-14(10)17(9-8-16-15)11-5-1-2-6-12(11)19-13/h1-7H,8-9H2,(H,16,18). The third-order valence-corrected chi connectivity index (χ3v) is 4.62. The summed E-state index contributed by atoms with van der Waals surface area (Å²) in [6, 6.07) is 14.3. The summed E-state index contributed by atoms with van der Waals surface area (Å²) in [7, 11) is 0. The fraction of sp³-hybridized carbons (Fsp3) is 0.133. The fourth-order valence-electron chi connectivity index (χ4n) is 2.68. The van der Waals surface area contributed by atoms with Crippen LogP contribution >= 0.6 is 11.8 Å². The van der Waals surface area contributed by atoms with Gasteiger partial charge in [-0.15, -0.1) is 0 Å². The molecule has 0 radical (unpaired) electrons. The fourth-order valence-corrected chi connectivity index (χ4v) is 3.81. The number of rotatable bonds is 0. The summed E-state index contributed by atoms with van der Waals surface area (Å²) < 4.78 is 0. The molecule has 0 saturated heterocycles. The summed E-state index contributed by atoms with van der Waals surface area (Å²) in [5.41, 5.74) is 3.03. The van der Waals surface area contributed by atoms with Crippen molar-refractivity contribution in [3.63, 3.8) is 0 Å². The van der Waals surface area contributed by atoms with Crippen LogP contribution in [0.15, 0.2) is 52.3 Å². The number of benzene rings is 2. The number of nitrogens with zero attached hydrogens (tertiary/aromatic N) is 1. The van der Waals surface area contributed by atoms with Crippen LogP contribution in [0.2, 0.25) is 0 Å². The van der Waals surface area contributed by atoms with E-state index >= 15 is 0 Å². The lowest BCUT2D eigenvalue weighted by Gasteiger charge is -2.32. The van der Waals surface area contributed by atoms with Crippen molar-refractivity contribution in [1.82, 2.24) is 5.32 Å². The maximum absolute atomic E-state index is 12.1. The highest BCUT2D eigenvalue weighted by Crippen LogP contribution is 2.49. The first-order valence-corrected chi connectivity index (χ1v) is 7.12. The quantitative estimate of drug-likeness (QED) is 0.797. The van der Waals surface area contributed by atoms with Gasteiger partial charge in [0.25, 0.3) is 5.91 Å². The van der Waals surface area contributed by atoms with E-state index in [0.717, 1.165) is 22.7 Å². The summed E-state index contributed by atoms with van der Waals surface area (Å²) in [4.78, 5) is 16.8. The van der Waals surface area contributed by atoms with Crippen molar-refractivity contribution in [2.24, 2.45) is 0 Å². The van der Waals surface area contributed by atoms with E-state index in [9.17, 15) is 4.79 Å². The van der Waals surface area contributed by atoms with Crippen LogP contribution in [0.5, 0.6) is 0 Å². The Bertz CT molecular complexity index is 684. The summed E-state index contributed by atoms with van der Waals surface area (Å²) in [5.74, 6) is 0.0272. The number of nitrogens with one attached hydrogen (secondary N) is 1. The first-order chi connectivity index (χ1) is 9.34. The molecule has 0 aromatic heterocycles. The zero-order valence-corrected chi connectivity index (χ0v) is 11.0. The molecule has 2 aliphatic heterocycles. The van der Waals surface area contributed by atoms with Crippen molar-refractivity contribution in [1.29, 1.82) is 0 Å². The minimum absolute atomic E-state index is 0.0272. The van der Waals surface area contributed by atoms with Gasteiger partial charge in [-0.3, -0.25) is 4.79 Å². The summed E-state index contributed by atoms with van der Waals surface area (Å²) >= 11 is 1.74. The maximum Gasteiger partial charge on any atom is 0.253 e. The van der Waals surface area contributed by atoms with Crippen molar-refractivity contribution in [3.05, 3.63) is 48.0 Å². The molecule has 4 rings (SSSR count). The van der Waals surface area contributed by atoms with Crippen LogP contribution in [0.3, 0.4) is 0 Å². The van der Waals surface area contributed by atoms with Gasteiger partial charge in [0.15, 0.2) is 0 Å². The molecule has 0 spiro atoms. The molecule has 0 bridgehead atoms. The Hall–Kier alpha value is -1.94. The van der Waals surface area contributed by atoms with Crippen LogP contribution in [0.1, 0.15) is 10.4 Å². The monoisotopic (exact) mass is 268 g/mol. The van der Waals surface area contributed by atoms with Crippen molar-refractivity contribution in [2.45, 2.75) is 9.79 Å². The zero-order valence-electron chi connectivity index (χ0n) is 10.2. The second-order valence-electron chi connectivity index (χ2n) is 4.63. The molecule has 4 heteroatoms. The molecule has 94 valence electrons. The second kappa shape index (κ2) is 4.03. The van der Waals surface area contributed by atoms with E-state index in [1.165, 1.54) is 10.6 Å². The molecule has 2 aliphatic rings. The molecule has 2 aromatic rings. The number of carbonyl (C=O) groups excluding carboxylic acids is 1. The van der Waals surface area contributed by atoms with Gasteiger partial charge in [0.2, 0.25) is 0 Å². The highest BCUT2D eigenvalue weighted by Gasteiger charge is 2.29. The molecule has 0 atom stereocenters. The Balaban J connectivity index is 2.00. The van der Waals surface area contributed by atoms with Crippen molar-refractivity contribution >= 4 is 29.0 Å². The molecule has 3 nitrogen and oxygen atoms in total. The Morgan fingerprint density at radius 1 is 1.05 bits per heavy atom. The van der Waals surface area contributed by atoms with Crippen LogP contribution in [-0.2, 0) is 0 Å². The van der Waals surface area contributed by atoms with Crippen LogP contribution in [-0.4, -0.2) is 19.0 Å². The molecule has 1 N–H and O–H groups in total. The predicted molar refractivity (Wildman–Crippen MR) is 76.3 cm³/mol. The zero-order chi connectivity index (χ0) is 12.8. The van der Waals surface area contributed by atoms with Gasteiger partial charge in [-0.2, -0.15) is 0 Å². The van der Waals surface area contributed by atoms with Crippen molar-refractivity contribution in [3.8, 4) is 0 Å². The number of anilines is 2. The first-order valence-electron chi connectivity index (χ1n) is 6.30. The van der Waals surface area contributed by atoms with Gasteiger partial charge in [0, 0.05) is 22.9 Å². The van der Waals surface area contributed by atoms with Gasteiger partial charge in [0.05, 0.1) is 16.9 Å². The van der Waals surface area contributed by atoms with E-state index in [1.807, 2.05) is 18.2 Å². The Morgan fingerprint density at radius 3 is 2.84 bits per heavy atom. The third-order valence-electron chi connectivity index (χ3n) is 3.51. The van der Waals surface area contributed by atoms with E-state index in [1.54, 1.807) is 11.8 Å². The lowest BCUT2D eigenvalue weighted by atomic mass is 10.1. The third kappa shape index (κ3) is 1.56. The second-order valence-corrected chi connectivity index (χ2v) is 5.71. The van der Waals surface area contributed by atoms with Crippen LogP contribution in [0.4, 0.5) is 11.4 Å². The number of carbonyl (C=O) groups is 1. The van der Waals surface area contributed by atoms with Crippen molar-refractivity contribution < 1.29 is 4.79 Å². The van der Waals surface area contributed by atoms with E-state index < -0.39 is 0 Å². The molecular formula is C15H12N2OS. The Labute approximate surface area is 115 Å². The SMILES string of the molecule is O=C1NCCN2c3ccccc3Sc3cccc1c32.